The molecule has 1 aromatic heterocycles. The van der Waals surface area contributed by atoms with Gasteiger partial charge in [-0.15, -0.1) is 10.2 Å². The van der Waals surface area contributed by atoms with E-state index >= 15 is 0 Å². The first-order valence-corrected chi connectivity index (χ1v) is 5.75. The molecule has 15 heavy (non-hydrogen) atoms. The van der Waals surface area contributed by atoms with Crippen LogP contribution in [-0.2, 0) is 13.1 Å². The van der Waals surface area contributed by atoms with E-state index in [-0.39, 0.29) is 0 Å². The van der Waals surface area contributed by atoms with Gasteiger partial charge >= 0.3 is 0 Å². The monoisotopic (exact) mass is 208 g/mol. The summed E-state index contributed by atoms with van der Waals surface area (Å²) in [7, 11) is 0. The average molecular weight is 208 g/mol. The van der Waals surface area contributed by atoms with Gasteiger partial charge in [-0.05, 0) is 18.3 Å². The van der Waals surface area contributed by atoms with Crippen molar-refractivity contribution in [1.29, 1.82) is 0 Å². The zero-order valence-corrected chi connectivity index (χ0v) is 9.77. The maximum atomic E-state index is 5.67. The van der Waals surface area contributed by atoms with Crippen LogP contribution in [0.2, 0.25) is 0 Å². The van der Waals surface area contributed by atoms with Crippen LogP contribution in [0.3, 0.4) is 0 Å². The van der Waals surface area contributed by atoms with Gasteiger partial charge in [0.05, 0.1) is 6.54 Å². The Hall–Kier alpha value is -0.900. The molecule has 1 aromatic rings. The lowest BCUT2D eigenvalue weighted by Gasteiger charge is -2.11. The molecule has 2 unspecified atom stereocenters. The first-order valence-electron chi connectivity index (χ1n) is 5.75. The summed E-state index contributed by atoms with van der Waals surface area (Å²) in [5, 5.41) is 8.46. The van der Waals surface area contributed by atoms with Crippen LogP contribution in [-0.4, -0.2) is 14.8 Å². The number of nitrogens with two attached hydrogens (primary N) is 1. The Morgan fingerprint density at radius 3 is 2.60 bits per heavy atom. The summed E-state index contributed by atoms with van der Waals surface area (Å²) in [6.07, 6.45) is 1.25. The smallest absolute Gasteiger partial charge is 0.146 e. The zero-order valence-electron chi connectivity index (χ0n) is 9.77. The molecule has 2 atom stereocenters. The minimum atomic E-state index is 0.487. The Bertz CT molecular complexity index is 342. The molecule has 4 heteroatoms. The quantitative estimate of drug-likeness (QED) is 0.816. The van der Waals surface area contributed by atoms with Gasteiger partial charge in [-0.25, -0.2) is 0 Å². The summed E-state index contributed by atoms with van der Waals surface area (Å²) in [6, 6.07) is 0. The third kappa shape index (κ3) is 2.04. The Labute approximate surface area is 90.9 Å². The Morgan fingerprint density at radius 1 is 1.47 bits per heavy atom. The van der Waals surface area contributed by atoms with Gasteiger partial charge in [0, 0.05) is 12.5 Å². The third-order valence-corrected chi connectivity index (χ3v) is 3.03. The van der Waals surface area contributed by atoms with Gasteiger partial charge in [-0.3, -0.25) is 0 Å². The molecule has 1 aliphatic rings. The Kier molecular flexibility index (Phi) is 2.78. The lowest BCUT2D eigenvalue weighted by Crippen LogP contribution is -2.14. The van der Waals surface area contributed by atoms with E-state index in [9.17, 15) is 0 Å². The number of nitrogens with zero attached hydrogens (tertiary/aromatic N) is 3. The average Bonchev–Trinajstić information content (AvgIpc) is 2.76. The standard InChI is InChI=1S/C11H20N4/c1-7(2)6-15-10(5-12)13-14-11(15)9-4-8(9)3/h7-9H,4-6,12H2,1-3H3. The molecule has 0 spiro atoms. The SMILES string of the molecule is CC(C)Cn1c(CN)nnc1C1CC1C. The molecular formula is C11H20N4. The van der Waals surface area contributed by atoms with Crippen LogP contribution in [0.5, 0.6) is 0 Å². The van der Waals surface area contributed by atoms with E-state index in [1.54, 1.807) is 0 Å². The second-order valence-electron chi connectivity index (χ2n) is 5.00. The fourth-order valence-corrected chi connectivity index (χ4v) is 2.02. The van der Waals surface area contributed by atoms with Crippen molar-refractivity contribution >= 4 is 0 Å². The summed E-state index contributed by atoms with van der Waals surface area (Å²) in [4.78, 5) is 0. The Balaban J connectivity index is 2.25. The van der Waals surface area contributed by atoms with Crippen molar-refractivity contribution in [1.82, 2.24) is 14.8 Å². The summed E-state index contributed by atoms with van der Waals surface area (Å²) < 4.78 is 2.22. The van der Waals surface area contributed by atoms with Crippen molar-refractivity contribution in [2.45, 2.75) is 46.2 Å². The molecule has 0 saturated heterocycles. The summed E-state index contributed by atoms with van der Waals surface area (Å²) in [5.41, 5.74) is 5.67. The first-order chi connectivity index (χ1) is 7.13. The van der Waals surface area contributed by atoms with Gasteiger partial charge in [0.25, 0.3) is 0 Å². The predicted octanol–water partition coefficient (Wildman–Crippen LogP) is 1.52. The van der Waals surface area contributed by atoms with Crippen molar-refractivity contribution in [3.63, 3.8) is 0 Å². The normalized spacial score (nSPS) is 24.9. The molecule has 1 saturated carbocycles. The highest BCUT2D eigenvalue weighted by Gasteiger charge is 2.38. The molecule has 4 nitrogen and oxygen atoms in total. The molecule has 84 valence electrons. The van der Waals surface area contributed by atoms with Crippen molar-refractivity contribution in [2.75, 3.05) is 0 Å². The maximum absolute atomic E-state index is 5.67. The molecule has 2 rings (SSSR count). The predicted molar refractivity (Wildman–Crippen MR) is 59.3 cm³/mol. The van der Waals surface area contributed by atoms with Crippen molar-refractivity contribution < 1.29 is 0 Å². The Morgan fingerprint density at radius 2 is 2.13 bits per heavy atom. The molecule has 0 amide bonds. The molecule has 0 radical (unpaired) electrons. The largest absolute Gasteiger partial charge is 0.324 e. The van der Waals surface area contributed by atoms with Gasteiger partial charge < -0.3 is 10.3 Å². The number of rotatable bonds is 4. The fraction of sp³-hybridized carbons (Fsp3) is 0.818. The number of hydrogen-bond acceptors (Lipinski definition) is 3. The van der Waals surface area contributed by atoms with Crippen molar-refractivity contribution in [2.24, 2.45) is 17.6 Å². The lowest BCUT2D eigenvalue weighted by atomic mass is 10.2. The van der Waals surface area contributed by atoms with Gasteiger partial charge in [0.2, 0.25) is 0 Å². The van der Waals surface area contributed by atoms with E-state index < -0.39 is 0 Å². The maximum Gasteiger partial charge on any atom is 0.146 e. The molecule has 0 aliphatic heterocycles. The minimum absolute atomic E-state index is 0.487. The topological polar surface area (TPSA) is 56.7 Å². The fourth-order valence-electron chi connectivity index (χ4n) is 2.02. The molecule has 1 heterocycles. The van der Waals surface area contributed by atoms with Crippen LogP contribution in [0.25, 0.3) is 0 Å². The zero-order chi connectivity index (χ0) is 11.0. The van der Waals surface area contributed by atoms with Crippen LogP contribution in [0.4, 0.5) is 0 Å². The highest BCUT2D eigenvalue weighted by Crippen LogP contribution is 2.46. The summed E-state index contributed by atoms with van der Waals surface area (Å²) in [5.74, 6) is 4.08. The minimum Gasteiger partial charge on any atom is -0.324 e. The molecule has 0 aromatic carbocycles. The van der Waals surface area contributed by atoms with E-state index in [1.807, 2.05) is 0 Å². The van der Waals surface area contributed by atoms with E-state index in [0.717, 1.165) is 24.1 Å². The third-order valence-electron chi connectivity index (χ3n) is 3.03. The molecule has 2 N–H and O–H groups in total. The highest BCUT2D eigenvalue weighted by molar-refractivity contribution is 5.11. The molecule has 1 fully saturated rings. The van der Waals surface area contributed by atoms with Crippen molar-refractivity contribution in [3.05, 3.63) is 11.6 Å². The van der Waals surface area contributed by atoms with Gasteiger partial charge in [0.15, 0.2) is 0 Å². The first kappa shape index (κ1) is 10.6. The van der Waals surface area contributed by atoms with E-state index in [4.69, 9.17) is 5.73 Å². The van der Waals surface area contributed by atoms with E-state index in [1.165, 1.54) is 6.42 Å². The molecular weight excluding hydrogens is 188 g/mol. The van der Waals surface area contributed by atoms with Gasteiger partial charge in [0.1, 0.15) is 11.6 Å². The van der Waals surface area contributed by atoms with Crippen LogP contribution in [0, 0.1) is 11.8 Å². The van der Waals surface area contributed by atoms with Crippen LogP contribution >= 0.6 is 0 Å². The van der Waals surface area contributed by atoms with Gasteiger partial charge in [-0.1, -0.05) is 20.8 Å². The summed E-state index contributed by atoms with van der Waals surface area (Å²) in [6.45, 7) is 8.15. The van der Waals surface area contributed by atoms with Gasteiger partial charge in [-0.2, -0.15) is 0 Å². The second kappa shape index (κ2) is 3.93. The van der Waals surface area contributed by atoms with Crippen LogP contribution in [0.15, 0.2) is 0 Å². The van der Waals surface area contributed by atoms with Crippen LogP contribution < -0.4 is 5.73 Å². The van der Waals surface area contributed by atoms with E-state index in [0.29, 0.717) is 18.4 Å². The highest BCUT2D eigenvalue weighted by atomic mass is 15.3. The molecule has 0 bridgehead atoms. The lowest BCUT2D eigenvalue weighted by molar-refractivity contribution is 0.490. The van der Waals surface area contributed by atoms with E-state index in [2.05, 4.69) is 35.5 Å². The number of aromatic nitrogens is 3. The number of hydrogen-bond donors (Lipinski definition) is 1. The van der Waals surface area contributed by atoms with Crippen LogP contribution in [0.1, 0.15) is 44.8 Å². The summed E-state index contributed by atoms with van der Waals surface area (Å²) >= 11 is 0. The second-order valence-corrected chi connectivity index (χ2v) is 5.00. The van der Waals surface area contributed by atoms with Crippen molar-refractivity contribution in [3.8, 4) is 0 Å². The molecule has 1 aliphatic carbocycles.